The van der Waals surface area contributed by atoms with Crippen LogP contribution in [0.4, 0.5) is 5.69 Å². The normalized spacial score (nSPS) is 23.3. The molecule has 1 aliphatic carbocycles. The van der Waals surface area contributed by atoms with Crippen LogP contribution in [0.2, 0.25) is 0 Å². The number of benzene rings is 2. The van der Waals surface area contributed by atoms with Crippen molar-refractivity contribution in [2.75, 3.05) is 18.0 Å². The summed E-state index contributed by atoms with van der Waals surface area (Å²) in [4.78, 5) is 31.7. The highest BCUT2D eigenvalue weighted by Gasteiger charge is 2.56. The number of fused-ring (bicyclic) bond motifs is 1. The van der Waals surface area contributed by atoms with Crippen molar-refractivity contribution in [3.63, 3.8) is 0 Å². The summed E-state index contributed by atoms with van der Waals surface area (Å²) in [6.45, 7) is 1.68. The smallest absolute Gasteiger partial charge is 0.259 e. The van der Waals surface area contributed by atoms with Gasteiger partial charge in [0.25, 0.3) is 5.91 Å². The van der Waals surface area contributed by atoms with Crippen LogP contribution < -0.4 is 4.90 Å². The molecule has 0 aromatic heterocycles. The Morgan fingerprint density at radius 3 is 2.21 bits per heavy atom. The van der Waals surface area contributed by atoms with Crippen molar-refractivity contribution < 1.29 is 9.59 Å². The first-order valence-electron chi connectivity index (χ1n) is 11.0. The van der Waals surface area contributed by atoms with Crippen LogP contribution in [-0.2, 0) is 4.79 Å². The summed E-state index contributed by atoms with van der Waals surface area (Å²) < 4.78 is 0. The van der Waals surface area contributed by atoms with Crippen molar-refractivity contribution in [1.29, 1.82) is 0 Å². The van der Waals surface area contributed by atoms with Crippen LogP contribution in [0.5, 0.6) is 0 Å². The Hall–Kier alpha value is -2.62. The monoisotopic (exact) mass is 388 g/mol. The quantitative estimate of drug-likeness (QED) is 0.744. The molecule has 2 aromatic rings. The summed E-state index contributed by atoms with van der Waals surface area (Å²) in [5.74, 6) is -0.0268. The minimum absolute atomic E-state index is 0.0383. The zero-order valence-electron chi connectivity index (χ0n) is 16.8. The van der Waals surface area contributed by atoms with Gasteiger partial charge in [0.2, 0.25) is 5.91 Å². The molecule has 1 spiro atoms. The molecule has 0 N–H and O–H groups in total. The van der Waals surface area contributed by atoms with E-state index in [1.54, 1.807) is 0 Å². The van der Waals surface area contributed by atoms with E-state index in [2.05, 4.69) is 4.90 Å². The van der Waals surface area contributed by atoms with Crippen molar-refractivity contribution in [3.8, 4) is 0 Å². The number of likely N-dealkylation sites (tertiary alicyclic amines) is 1. The topological polar surface area (TPSA) is 40.6 Å². The second-order valence-corrected chi connectivity index (χ2v) is 8.69. The highest BCUT2D eigenvalue weighted by Crippen LogP contribution is 2.52. The van der Waals surface area contributed by atoms with Crippen molar-refractivity contribution >= 4 is 17.5 Å². The van der Waals surface area contributed by atoms with Crippen molar-refractivity contribution in [3.05, 3.63) is 65.7 Å². The fraction of sp³-hybridized carbons (Fsp3) is 0.440. The van der Waals surface area contributed by atoms with Gasteiger partial charge in [-0.3, -0.25) is 9.59 Å². The number of carbonyl (C=O) groups is 2. The fourth-order valence-electron chi connectivity index (χ4n) is 5.80. The Morgan fingerprint density at radius 2 is 1.48 bits per heavy atom. The van der Waals surface area contributed by atoms with Crippen LogP contribution in [0.25, 0.3) is 0 Å². The van der Waals surface area contributed by atoms with Gasteiger partial charge in [0.15, 0.2) is 0 Å². The highest BCUT2D eigenvalue weighted by molar-refractivity contribution is 6.12. The number of amides is 2. The van der Waals surface area contributed by atoms with E-state index in [0.29, 0.717) is 5.56 Å². The molecule has 4 nitrogen and oxygen atoms in total. The van der Waals surface area contributed by atoms with E-state index in [9.17, 15) is 9.59 Å². The standard InChI is InChI=1S/C25H28N2O2/c28-23-21-14-6-5-13-20(21)22(24(29)26-17-9-2-10-18-26)25(15-7-8-16-25)27(23)19-11-3-1-4-12-19/h1,3-6,11-14,22H,2,7-10,15-18H2. The predicted octanol–water partition coefficient (Wildman–Crippen LogP) is 4.76. The molecule has 2 aliphatic heterocycles. The zero-order chi connectivity index (χ0) is 19.8. The number of para-hydroxylation sites is 1. The van der Waals surface area contributed by atoms with Crippen LogP contribution in [0, 0.1) is 0 Å². The highest BCUT2D eigenvalue weighted by atomic mass is 16.2. The molecular formula is C25H28N2O2. The lowest BCUT2D eigenvalue weighted by Crippen LogP contribution is -2.61. The molecule has 3 aliphatic rings. The third kappa shape index (κ3) is 2.88. The summed E-state index contributed by atoms with van der Waals surface area (Å²) in [6, 6.07) is 17.7. The van der Waals surface area contributed by atoms with Gasteiger partial charge in [0, 0.05) is 24.3 Å². The van der Waals surface area contributed by atoms with Crippen LogP contribution in [-0.4, -0.2) is 35.3 Å². The van der Waals surface area contributed by atoms with E-state index < -0.39 is 5.54 Å². The Balaban J connectivity index is 1.69. The molecular weight excluding hydrogens is 360 g/mol. The van der Waals surface area contributed by atoms with Crippen molar-refractivity contribution in [2.24, 2.45) is 0 Å². The third-order valence-electron chi connectivity index (χ3n) is 7.09. The maximum absolute atomic E-state index is 13.9. The van der Waals surface area contributed by atoms with E-state index in [0.717, 1.165) is 62.9 Å². The lowest BCUT2D eigenvalue weighted by molar-refractivity contribution is -0.135. The predicted molar refractivity (Wildman–Crippen MR) is 114 cm³/mol. The summed E-state index contributed by atoms with van der Waals surface area (Å²) in [6.07, 6.45) is 7.23. The zero-order valence-corrected chi connectivity index (χ0v) is 16.8. The van der Waals surface area contributed by atoms with E-state index >= 15 is 0 Å². The van der Waals surface area contributed by atoms with Gasteiger partial charge in [-0.05, 0) is 55.9 Å². The molecule has 5 rings (SSSR count). The van der Waals surface area contributed by atoms with Gasteiger partial charge in [-0.1, -0.05) is 49.2 Å². The van der Waals surface area contributed by atoms with Gasteiger partial charge in [-0.2, -0.15) is 0 Å². The van der Waals surface area contributed by atoms with Gasteiger partial charge < -0.3 is 9.80 Å². The Kier molecular flexibility index (Phi) is 4.65. The molecule has 2 amide bonds. The number of anilines is 1. The molecule has 2 heterocycles. The first-order valence-corrected chi connectivity index (χ1v) is 11.0. The molecule has 1 saturated heterocycles. The third-order valence-corrected chi connectivity index (χ3v) is 7.09. The van der Waals surface area contributed by atoms with E-state index in [4.69, 9.17) is 0 Å². The molecule has 1 saturated carbocycles. The first kappa shape index (κ1) is 18.4. The lowest BCUT2D eigenvalue weighted by Gasteiger charge is -2.51. The van der Waals surface area contributed by atoms with Crippen molar-refractivity contribution in [2.45, 2.75) is 56.4 Å². The summed E-state index contributed by atoms with van der Waals surface area (Å²) in [7, 11) is 0. The fourth-order valence-corrected chi connectivity index (χ4v) is 5.80. The molecule has 0 bridgehead atoms. The van der Waals surface area contributed by atoms with Crippen molar-refractivity contribution in [1.82, 2.24) is 4.90 Å². The van der Waals surface area contributed by atoms with E-state index in [1.165, 1.54) is 6.42 Å². The van der Waals surface area contributed by atoms with Crippen LogP contribution in [0.3, 0.4) is 0 Å². The second-order valence-electron chi connectivity index (χ2n) is 8.69. The van der Waals surface area contributed by atoms with Crippen LogP contribution in [0.15, 0.2) is 54.6 Å². The average Bonchev–Trinajstić information content (AvgIpc) is 3.24. The van der Waals surface area contributed by atoms with Gasteiger partial charge in [-0.25, -0.2) is 0 Å². The van der Waals surface area contributed by atoms with Crippen LogP contribution in [0.1, 0.15) is 66.8 Å². The van der Waals surface area contributed by atoms with Crippen LogP contribution >= 0.6 is 0 Å². The minimum Gasteiger partial charge on any atom is -0.342 e. The molecule has 0 radical (unpaired) electrons. The number of hydrogen-bond acceptors (Lipinski definition) is 2. The molecule has 4 heteroatoms. The molecule has 1 atom stereocenters. The van der Waals surface area contributed by atoms with Gasteiger partial charge >= 0.3 is 0 Å². The van der Waals surface area contributed by atoms with Gasteiger partial charge in [-0.15, -0.1) is 0 Å². The molecule has 2 fully saturated rings. The van der Waals surface area contributed by atoms with Gasteiger partial charge in [0.1, 0.15) is 0 Å². The van der Waals surface area contributed by atoms with Gasteiger partial charge in [0.05, 0.1) is 11.5 Å². The second kappa shape index (κ2) is 7.33. The number of rotatable bonds is 2. The molecule has 2 aromatic carbocycles. The molecule has 150 valence electrons. The molecule has 29 heavy (non-hydrogen) atoms. The number of hydrogen-bond donors (Lipinski definition) is 0. The molecule has 1 unspecified atom stereocenters. The largest absolute Gasteiger partial charge is 0.342 e. The van der Waals surface area contributed by atoms with E-state index in [-0.39, 0.29) is 17.7 Å². The Bertz CT molecular complexity index is 911. The summed E-state index contributed by atoms with van der Waals surface area (Å²) in [5.41, 5.74) is 2.07. The maximum Gasteiger partial charge on any atom is 0.259 e. The summed E-state index contributed by atoms with van der Waals surface area (Å²) >= 11 is 0. The summed E-state index contributed by atoms with van der Waals surface area (Å²) in [5, 5.41) is 0. The Morgan fingerprint density at radius 1 is 0.828 bits per heavy atom. The van der Waals surface area contributed by atoms with E-state index in [1.807, 2.05) is 59.5 Å². The number of piperidine rings is 1. The number of carbonyl (C=O) groups excluding carboxylic acids is 2. The Labute approximate surface area is 172 Å². The lowest BCUT2D eigenvalue weighted by atomic mass is 9.70. The number of nitrogens with zero attached hydrogens (tertiary/aromatic N) is 2. The minimum atomic E-state index is -0.457. The SMILES string of the molecule is O=C(C1c2ccccc2C(=O)N(c2ccccc2)C12CCCC2)N1CCCCC1. The first-order chi connectivity index (χ1) is 14.2. The maximum atomic E-state index is 13.9. The average molecular weight is 389 g/mol.